The first-order chi connectivity index (χ1) is 14.7. The van der Waals surface area contributed by atoms with Crippen LogP contribution >= 0.6 is 11.8 Å². The van der Waals surface area contributed by atoms with Gasteiger partial charge in [0.25, 0.3) is 11.8 Å². The monoisotopic (exact) mass is 442 g/mol. The number of carbonyl (C=O) groups is 2. The molecule has 1 aromatic carbocycles. The first-order valence-electron chi connectivity index (χ1n) is 10.5. The Balaban J connectivity index is 1.54. The molecule has 2 bridgehead atoms. The number of hydrogen-bond acceptors (Lipinski definition) is 7. The average molecular weight is 443 g/mol. The Bertz CT molecular complexity index is 1030. The topological polar surface area (TPSA) is 86.1 Å². The summed E-state index contributed by atoms with van der Waals surface area (Å²) in [5, 5.41) is 10.2. The standard InChI is InChI=1S/C22H26N4O4S/c1-20(12-23)11-22-19(28)25(9-5-8-24(3)4)21(2,31-22)18(27)26(22)17(20)14-6-7-15-16(10-14)30-13-29-15/h6-7,10,17H,5,8-9,11,13H2,1-4H3/t17-,20+,21-,22-/m0/s1. The first-order valence-corrected chi connectivity index (χ1v) is 11.3. The van der Waals surface area contributed by atoms with Crippen LogP contribution in [0.25, 0.3) is 0 Å². The summed E-state index contributed by atoms with van der Waals surface area (Å²) < 4.78 is 10.9. The van der Waals surface area contributed by atoms with Gasteiger partial charge in [0.2, 0.25) is 6.79 Å². The second kappa shape index (κ2) is 6.53. The van der Waals surface area contributed by atoms with E-state index in [4.69, 9.17) is 9.47 Å². The Morgan fingerprint density at radius 1 is 1.23 bits per heavy atom. The second-order valence-electron chi connectivity index (χ2n) is 9.38. The maximum atomic E-state index is 13.8. The molecule has 8 nitrogen and oxygen atoms in total. The molecule has 4 atom stereocenters. The van der Waals surface area contributed by atoms with E-state index >= 15 is 0 Å². The van der Waals surface area contributed by atoms with Crippen LogP contribution in [0.4, 0.5) is 0 Å². The van der Waals surface area contributed by atoms with Crippen LogP contribution in [-0.2, 0) is 9.59 Å². The van der Waals surface area contributed by atoms with Gasteiger partial charge in [-0.2, -0.15) is 5.26 Å². The molecular weight excluding hydrogens is 416 g/mol. The molecule has 0 aliphatic carbocycles. The van der Waals surface area contributed by atoms with Crippen LogP contribution in [0.5, 0.6) is 11.5 Å². The summed E-state index contributed by atoms with van der Waals surface area (Å²) in [4.78, 5) is 31.0. The molecule has 1 aromatic rings. The average Bonchev–Trinajstić information content (AvgIpc) is 3.39. The second-order valence-corrected chi connectivity index (χ2v) is 11.1. The molecule has 4 aliphatic heterocycles. The molecule has 1 spiro atoms. The highest BCUT2D eigenvalue weighted by Gasteiger charge is 2.79. The van der Waals surface area contributed by atoms with Crippen molar-refractivity contribution in [3.05, 3.63) is 23.8 Å². The van der Waals surface area contributed by atoms with E-state index in [1.165, 1.54) is 11.8 Å². The third kappa shape index (κ3) is 2.58. The first kappa shape index (κ1) is 20.5. The van der Waals surface area contributed by atoms with Gasteiger partial charge in [-0.05, 0) is 58.6 Å². The number of thioether (sulfide) groups is 1. The van der Waals surface area contributed by atoms with E-state index in [0.29, 0.717) is 24.5 Å². The highest BCUT2D eigenvalue weighted by Crippen LogP contribution is 2.69. The van der Waals surface area contributed by atoms with Crippen LogP contribution in [-0.4, -0.2) is 70.2 Å². The summed E-state index contributed by atoms with van der Waals surface area (Å²) >= 11 is 1.41. The minimum absolute atomic E-state index is 0.0527. The molecule has 4 heterocycles. The fraction of sp³-hybridized carbons (Fsp3) is 0.591. The Morgan fingerprint density at radius 2 is 1.97 bits per heavy atom. The molecule has 0 saturated carbocycles. The van der Waals surface area contributed by atoms with E-state index in [9.17, 15) is 14.9 Å². The van der Waals surface area contributed by atoms with E-state index in [0.717, 1.165) is 18.5 Å². The van der Waals surface area contributed by atoms with E-state index in [1.807, 2.05) is 46.1 Å². The zero-order chi connectivity index (χ0) is 22.2. The number of amides is 2. The number of ether oxygens (including phenoxy) is 2. The molecular formula is C22H26N4O4S. The lowest BCUT2D eigenvalue weighted by atomic mass is 9.79. The number of nitrogens with zero attached hydrogens (tertiary/aromatic N) is 4. The summed E-state index contributed by atoms with van der Waals surface area (Å²) in [6.07, 6.45) is 1.10. The fourth-order valence-corrected chi connectivity index (χ4v) is 7.48. The Kier molecular flexibility index (Phi) is 4.31. The van der Waals surface area contributed by atoms with Gasteiger partial charge >= 0.3 is 0 Å². The van der Waals surface area contributed by atoms with Crippen molar-refractivity contribution in [1.29, 1.82) is 5.26 Å². The lowest BCUT2D eigenvalue weighted by molar-refractivity contribution is -0.160. The van der Waals surface area contributed by atoms with Crippen molar-refractivity contribution < 1.29 is 19.1 Å². The van der Waals surface area contributed by atoms with Crippen molar-refractivity contribution >= 4 is 23.6 Å². The number of rotatable bonds is 5. The van der Waals surface area contributed by atoms with Crippen molar-refractivity contribution in [2.45, 2.75) is 42.5 Å². The van der Waals surface area contributed by atoms with Gasteiger partial charge in [0, 0.05) is 13.0 Å². The van der Waals surface area contributed by atoms with Crippen LogP contribution in [0.1, 0.15) is 38.3 Å². The van der Waals surface area contributed by atoms with E-state index in [-0.39, 0.29) is 18.6 Å². The highest BCUT2D eigenvalue weighted by molar-refractivity contribution is 8.04. The van der Waals surface area contributed by atoms with Gasteiger partial charge in [0.1, 0.15) is 0 Å². The Morgan fingerprint density at radius 3 is 2.68 bits per heavy atom. The summed E-state index contributed by atoms with van der Waals surface area (Å²) in [5.41, 5.74) is -0.102. The van der Waals surface area contributed by atoms with E-state index in [1.54, 1.807) is 9.80 Å². The van der Waals surface area contributed by atoms with Gasteiger partial charge in [-0.25, -0.2) is 0 Å². The highest BCUT2D eigenvalue weighted by atomic mass is 32.2. The third-order valence-corrected chi connectivity index (χ3v) is 8.54. The quantitative estimate of drug-likeness (QED) is 0.691. The molecule has 5 rings (SSSR count). The zero-order valence-electron chi connectivity index (χ0n) is 18.2. The Labute approximate surface area is 186 Å². The van der Waals surface area contributed by atoms with Crippen LogP contribution < -0.4 is 9.47 Å². The van der Waals surface area contributed by atoms with Crippen molar-refractivity contribution in [1.82, 2.24) is 14.7 Å². The molecule has 0 unspecified atom stereocenters. The lowest BCUT2D eigenvalue weighted by Crippen LogP contribution is -2.62. The van der Waals surface area contributed by atoms with E-state index in [2.05, 4.69) is 11.0 Å². The predicted octanol–water partition coefficient (Wildman–Crippen LogP) is 2.17. The van der Waals surface area contributed by atoms with Crippen molar-refractivity contribution in [3.8, 4) is 17.6 Å². The van der Waals surface area contributed by atoms with Gasteiger partial charge in [-0.15, -0.1) is 0 Å². The van der Waals surface area contributed by atoms with Crippen molar-refractivity contribution in [2.24, 2.45) is 5.41 Å². The van der Waals surface area contributed by atoms with Crippen LogP contribution in [0, 0.1) is 16.7 Å². The summed E-state index contributed by atoms with van der Waals surface area (Å²) in [5.74, 6) is 1.10. The predicted molar refractivity (Wildman–Crippen MR) is 114 cm³/mol. The minimum Gasteiger partial charge on any atom is -0.454 e. The molecule has 9 heteroatoms. The normalized spacial score (nSPS) is 35.3. The molecule has 2 amide bonds. The molecule has 3 saturated heterocycles. The largest absolute Gasteiger partial charge is 0.454 e. The van der Waals surface area contributed by atoms with Gasteiger partial charge in [-0.1, -0.05) is 17.8 Å². The third-order valence-electron chi connectivity index (χ3n) is 6.89. The van der Waals surface area contributed by atoms with Crippen molar-refractivity contribution in [3.63, 3.8) is 0 Å². The van der Waals surface area contributed by atoms with Crippen LogP contribution in [0.15, 0.2) is 18.2 Å². The number of fused-ring (bicyclic) bond motifs is 2. The van der Waals surface area contributed by atoms with Crippen LogP contribution in [0.3, 0.4) is 0 Å². The van der Waals surface area contributed by atoms with E-state index < -0.39 is 21.2 Å². The number of hydrogen-bond donors (Lipinski definition) is 0. The fourth-order valence-electron chi connectivity index (χ4n) is 5.49. The maximum Gasteiger partial charge on any atom is 0.261 e. The van der Waals surface area contributed by atoms with Crippen LogP contribution in [0.2, 0.25) is 0 Å². The van der Waals surface area contributed by atoms with Gasteiger partial charge in [0.05, 0.1) is 17.5 Å². The summed E-state index contributed by atoms with van der Waals surface area (Å²) in [6, 6.07) is 7.43. The van der Waals surface area contributed by atoms with Crippen molar-refractivity contribution in [2.75, 3.05) is 34.0 Å². The molecule has 164 valence electrons. The SMILES string of the molecule is CN(C)CCCN1C(=O)[C@@]23C[C@](C)(C#N)[C@H](c4ccc5c(c4)OCO5)N2C(=O)[C@]1(C)S3. The molecule has 0 aromatic heterocycles. The minimum atomic E-state index is -1.03. The number of nitriles is 1. The zero-order valence-corrected chi connectivity index (χ0v) is 19.0. The molecule has 0 N–H and O–H groups in total. The molecule has 3 fully saturated rings. The molecule has 4 aliphatic rings. The number of carbonyl (C=O) groups excluding carboxylic acids is 2. The van der Waals surface area contributed by atoms with Gasteiger partial charge in [-0.3, -0.25) is 9.59 Å². The maximum absolute atomic E-state index is 13.8. The summed E-state index contributed by atoms with van der Waals surface area (Å²) in [7, 11) is 3.98. The number of benzene rings is 1. The van der Waals surface area contributed by atoms with Gasteiger partial charge < -0.3 is 24.2 Å². The smallest absolute Gasteiger partial charge is 0.261 e. The number of piperazine rings is 1. The summed E-state index contributed by atoms with van der Waals surface area (Å²) in [6.45, 7) is 5.22. The van der Waals surface area contributed by atoms with Gasteiger partial charge in [0.15, 0.2) is 21.2 Å². The molecule has 31 heavy (non-hydrogen) atoms. The lowest BCUT2D eigenvalue weighted by Gasteiger charge is -2.41. The molecule has 0 radical (unpaired) electrons. The Hall–Kier alpha value is -2.44.